The molecule has 0 amide bonds. The molecule has 3 rings (SSSR count). The van der Waals surface area contributed by atoms with Gasteiger partial charge in [-0.15, -0.1) is 0 Å². The van der Waals surface area contributed by atoms with Crippen LogP contribution in [0.4, 0.5) is 8.78 Å². The molecular formula is C26H26F2. The molecule has 0 unspecified atom stereocenters. The van der Waals surface area contributed by atoms with Gasteiger partial charge in [0.05, 0.1) is 0 Å². The third-order valence-electron chi connectivity index (χ3n) is 4.89. The zero-order valence-electron chi connectivity index (χ0n) is 16.5. The van der Waals surface area contributed by atoms with Crippen LogP contribution in [0.2, 0.25) is 0 Å². The van der Waals surface area contributed by atoms with Crippen molar-refractivity contribution in [2.24, 2.45) is 0 Å². The van der Waals surface area contributed by atoms with E-state index in [-0.39, 0.29) is 0 Å². The maximum atomic E-state index is 14.5. The van der Waals surface area contributed by atoms with Crippen molar-refractivity contribution in [1.29, 1.82) is 0 Å². The molecule has 0 N–H and O–H groups in total. The molecule has 0 aromatic heterocycles. The molecule has 0 spiro atoms. The Balaban J connectivity index is 1.81. The van der Waals surface area contributed by atoms with Crippen LogP contribution in [0.3, 0.4) is 0 Å². The van der Waals surface area contributed by atoms with Crippen LogP contribution in [-0.2, 0) is 6.42 Å². The van der Waals surface area contributed by atoms with E-state index in [9.17, 15) is 8.78 Å². The number of unbranched alkanes of at least 4 members (excludes halogenated alkanes) is 1. The zero-order valence-corrected chi connectivity index (χ0v) is 16.5. The second-order valence-corrected chi connectivity index (χ2v) is 7.04. The number of allylic oxidation sites excluding steroid dienone is 1. The van der Waals surface area contributed by atoms with E-state index in [2.05, 4.69) is 43.3 Å². The summed E-state index contributed by atoms with van der Waals surface area (Å²) in [5, 5.41) is 0. The first-order valence-corrected chi connectivity index (χ1v) is 9.98. The normalized spacial score (nSPS) is 11.3. The molecule has 0 atom stereocenters. The Bertz CT molecular complexity index is 935. The fourth-order valence-electron chi connectivity index (χ4n) is 3.29. The lowest BCUT2D eigenvalue weighted by Crippen LogP contribution is -1.97. The summed E-state index contributed by atoms with van der Waals surface area (Å²) in [4.78, 5) is 0. The summed E-state index contributed by atoms with van der Waals surface area (Å²) in [7, 11) is 0. The highest BCUT2D eigenvalue weighted by Crippen LogP contribution is 2.29. The van der Waals surface area contributed by atoms with Crippen molar-refractivity contribution in [3.8, 4) is 22.3 Å². The van der Waals surface area contributed by atoms with E-state index in [1.807, 2.05) is 31.2 Å². The van der Waals surface area contributed by atoms with Crippen molar-refractivity contribution in [2.45, 2.75) is 39.5 Å². The van der Waals surface area contributed by atoms with Gasteiger partial charge in [-0.2, -0.15) is 0 Å². The van der Waals surface area contributed by atoms with E-state index in [0.717, 1.165) is 30.4 Å². The van der Waals surface area contributed by atoms with Gasteiger partial charge in [0.1, 0.15) is 0 Å². The number of aryl methyl sites for hydroxylation is 1. The van der Waals surface area contributed by atoms with Gasteiger partial charge in [0.2, 0.25) is 0 Å². The minimum Gasteiger partial charge on any atom is -0.203 e. The lowest BCUT2D eigenvalue weighted by molar-refractivity contribution is 0.500. The second kappa shape index (κ2) is 9.45. The predicted octanol–water partition coefficient (Wildman–Crippen LogP) is 8.06. The Morgan fingerprint density at radius 2 is 1.29 bits per heavy atom. The SMILES string of the molecule is CCC/C=C/c1ccc(-c2ccc(-c3ccc(CCC)c(F)c3F)cc2)cc1. The van der Waals surface area contributed by atoms with Gasteiger partial charge < -0.3 is 0 Å². The molecule has 0 nitrogen and oxygen atoms in total. The molecule has 3 aromatic rings. The van der Waals surface area contributed by atoms with Gasteiger partial charge in [0, 0.05) is 5.56 Å². The van der Waals surface area contributed by atoms with Gasteiger partial charge in [-0.3, -0.25) is 0 Å². The van der Waals surface area contributed by atoms with Crippen LogP contribution in [0, 0.1) is 11.6 Å². The molecule has 0 heterocycles. The minimum absolute atomic E-state index is 0.306. The van der Waals surface area contributed by atoms with Crippen molar-refractivity contribution >= 4 is 6.08 Å². The second-order valence-electron chi connectivity index (χ2n) is 7.04. The van der Waals surface area contributed by atoms with Crippen LogP contribution < -0.4 is 0 Å². The van der Waals surface area contributed by atoms with Crippen LogP contribution >= 0.6 is 0 Å². The van der Waals surface area contributed by atoms with Gasteiger partial charge in [-0.1, -0.05) is 99.5 Å². The quantitative estimate of drug-likeness (QED) is 0.391. The number of benzene rings is 3. The average Bonchev–Trinajstić information content (AvgIpc) is 2.73. The van der Waals surface area contributed by atoms with Crippen molar-refractivity contribution < 1.29 is 8.78 Å². The van der Waals surface area contributed by atoms with Crippen LogP contribution in [0.15, 0.2) is 66.7 Å². The maximum absolute atomic E-state index is 14.5. The molecule has 0 aliphatic heterocycles. The third-order valence-corrected chi connectivity index (χ3v) is 4.89. The predicted molar refractivity (Wildman–Crippen MR) is 115 cm³/mol. The van der Waals surface area contributed by atoms with Crippen molar-refractivity contribution in [1.82, 2.24) is 0 Å². The smallest absolute Gasteiger partial charge is 0.166 e. The van der Waals surface area contributed by atoms with Crippen LogP contribution in [0.1, 0.15) is 44.2 Å². The van der Waals surface area contributed by atoms with Gasteiger partial charge in [-0.25, -0.2) is 8.78 Å². The molecule has 3 aromatic carbocycles. The standard InChI is InChI=1S/C26H26F2/c1-3-5-6-8-19-9-11-20(12-10-19)21-13-15-22(16-14-21)24-18-17-23(7-4-2)25(27)26(24)28/h6,8-18H,3-5,7H2,1-2H3/b8-6+. The highest BCUT2D eigenvalue weighted by molar-refractivity contribution is 5.71. The summed E-state index contributed by atoms with van der Waals surface area (Å²) < 4.78 is 28.7. The topological polar surface area (TPSA) is 0 Å². The van der Waals surface area contributed by atoms with E-state index < -0.39 is 11.6 Å². The maximum Gasteiger partial charge on any atom is 0.166 e. The first-order valence-electron chi connectivity index (χ1n) is 9.98. The minimum atomic E-state index is -0.762. The molecule has 0 radical (unpaired) electrons. The number of halogens is 2. The molecule has 0 saturated heterocycles. The van der Waals surface area contributed by atoms with Gasteiger partial charge >= 0.3 is 0 Å². The highest BCUT2D eigenvalue weighted by Gasteiger charge is 2.14. The van der Waals surface area contributed by atoms with E-state index in [1.165, 1.54) is 5.56 Å². The van der Waals surface area contributed by atoms with Crippen LogP contribution in [0.25, 0.3) is 28.3 Å². The first kappa shape index (κ1) is 20.0. The van der Waals surface area contributed by atoms with Crippen LogP contribution in [-0.4, -0.2) is 0 Å². The fourth-order valence-corrected chi connectivity index (χ4v) is 3.29. The summed E-state index contributed by atoms with van der Waals surface area (Å²) in [6.07, 6.45) is 7.88. The Labute approximate surface area is 166 Å². The monoisotopic (exact) mass is 376 g/mol. The third kappa shape index (κ3) is 4.56. The summed E-state index contributed by atoms with van der Waals surface area (Å²) >= 11 is 0. The van der Waals surface area contributed by atoms with E-state index in [4.69, 9.17) is 0 Å². The van der Waals surface area contributed by atoms with Gasteiger partial charge in [0.15, 0.2) is 11.6 Å². The molecule has 0 aliphatic rings. The van der Waals surface area contributed by atoms with Crippen molar-refractivity contribution in [2.75, 3.05) is 0 Å². The Kier molecular flexibility index (Phi) is 6.76. The van der Waals surface area contributed by atoms with E-state index >= 15 is 0 Å². The Morgan fingerprint density at radius 1 is 0.679 bits per heavy atom. The molecule has 2 heteroatoms. The molecule has 28 heavy (non-hydrogen) atoms. The molecule has 0 bridgehead atoms. The van der Waals surface area contributed by atoms with Gasteiger partial charge in [0.25, 0.3) is 0 Å². The average molecular weight is 376 g/mol. The van der Waals surface area contributed by atoms with E-state index in [0.29, 0.717) is 23.1 Å². The summed E-state index contributed by atoms with van der Waals surface area (Å²) in [5.41, 5.74) is 4.76. The van der Waals surface area contributed by atoms with Gasteiger partial charge in [-0.05, 0) is 40.7 Å². The number of rotatable bonds is 7. The van der Waals surface area contributed by atoms with Crippen molar-refractivity contribution in [3.05, 3.63) is 89.5 Å². The van der Waals surface area contributed by atoms with Crippen molar-refractivity contribution in [3.63, 3.8) is 0 Å². The lowest BCUT2D eigenvalue weighted by atomic mass is 9.97. The lowest BCUT2D eigenvalue weighted by Gasteiger charge is -2.09. The molecule has 0 fully saturated rings. The highest BCUT2D eigenvalue weighted by atomic mass is 19.2. The Hall–Kier alpha value is -2.74. The van der Waals surface area contributed by atoms with E-state index in [1.54, 1.807) is 12.1 Å². The zero-order chi connectivity index (χ0) is 19.9. The largest absolute Gasteiger partial charge is 0.203 e. The number of hydrogen-bond donors (Lipinski definition) is 0. The molecule has 0 saturated carbocycles. The molecule has 0 aliphatic carbocycles. The summed E-state index contributed by atoms with van der Waals surface area (Å²) in [6, 6.07) is 19.3. The fraction of sp³-hybridized carbons (Fsp3) is 0.231. The summed E-state index contributed by atoms with van der Waals surface area (Å²) in [6.45, 7) is 4.12. The molecular weight excluding hydrogens is 350 g/mol. The summed E-state index contributed by atoms with van der Waals surface area (Å²) in [5.74, 6) is -1.49. The first-order chi connectivity index (χ1) is 13.6. The molecule has 144 valence electrons. The van der Waals surface area contributed by atoms with Crippen LogP contribution in [0.5, 0.6) is 0 Å². The Morgan fingerprint density at radius 3 is 1.89 bits per heavy atom. The number of hydrogen-bond acceptors (Lipinski definition) is 0.